The molecule has 0 amide bonds. The van der Waals surface area contributed by atoms with E-state index in [2.05, 4.69) is 6.92 Å². The van der Waals surface area contributed by atoms with Crippen LogP contribution >= 0.6 is 0 Å². The number of ether oxygens (including phenoxy) is 2. The van der Waals surface area contributed by atoms with Gasteiger partial charge in [-0.05, 0) is 43.5 Å². The molecule has 2 N–H and O–H groups in total. The average molecular weight is 612 g/mol. The number of phenolic OH excluding ortho intramolecular Hbond substituents is 1. The van der Waals surface area contributed by atoms with Crippen molar-refractivity contribution in [1.82, 2.24) is 15.0 Å². The van der Waals surface area contributed by atoms with E-state index in [1.807, 2.05) is 62.4 Å². The summed E-state index contributed by atoms with van der Waals surface area (Å²) in [4.78, 5) is 14.3. The van der Waals surface area contributed by atoms with Crippen LogP contribution in [0.2, 0.25) is 0 Å². The molecule has 0 fully saturated rings. The Morgan fingerprint density at radius 3 is 1.67 bits per heavy atom. The number of aliphatic hydroxyl groups is 1. The van der Waals surface area contributed by atoms with E-state index in [4.69, 9.17) is 24.4 Å². The van der Waals surface area contributed by atoms with Crippen molar-refractivity contribution in [3.05, 3.63) is 77.9 Å². The molecule has 4 rings (SSSR count). The molecule has 240 valence electrons. The van der Waals surface area contributed by atoms with Gasteiger partial charge in [0.05, 0.1) is 12.2 Å². The number of aromatic hydroxyl groups is 1. The van der Waals surface area contributed by atoms with Gasteiger partial charge in [0.2, 0.25) is 0 Å². The van der Waals surface area contributed by atoms with Crippen molar-refractivity contribution < 1.29 is 19.7 Å². The lowest BCUT2D eigenvalue weighted by atomic mass is 10.1. The summed E-state index contributed by atoms with van der Waals surface area (Å²) in [5.74, 6) is 1.87. The molecule has 0 radical (unpaired) electrons. The van der Waals surface area contributed by atoms with Gasteiger partial charge in [0.25, 0.3) is 0 Å². The van der Waals surface area contributed by atoms with Crippen LogP contribution in [0.3, 0.4) is 0 Å². The van der Waals surface area contributed by atoms with Crippen LogP contribution in [0.5, 0.6) is 11.5 Å². The molecule has 1 unspecified atom stereocenters. The van der Waals surface area contributed by atoms with Gasteiger partial charge in [0.15, 0.2) is 17.5 Å². The summed E-state index contributed by atoms with van der Waals surface area (Å²) in [5.41, 5.74) is 4.36. The first-order chi connectivity index (χ1) is 22.0. The van der Waals surface area contributed by atoms with Crippen molar-refractivity contribution in [2.75, 3.05) is 19.8 Å². The molecular formula is C38H49N3O4. The highest BCUT2D eigenvalue weighted by Crippen LogP contribution is 2.33. The maximum absolute atomic E-state index is 11.0. The van der Waals surface area contributed by atoms with E-state index in [9.17, 15) is 10.2 Å². The molecule has 7 nitrogen and oxygen atoms in total. The normalized spacial score (nSPS) is 11.9. The van der Waals surface area contributed by atoms with Crippen molar-refractivity contribution in [3.63, 3.8) is 0 Å². The Labute approximate surface area is 268 Å². The zero-order valence-corrected chi connectivity index (χ0v) is 27.2. The predicted molar refractivity (Wildman–Crippen MR) is 181 cm³/mol. The maximum atomic E-state index is 11.0. The van der Waals surface area contributed by atoms with Crippen LogP contribution in [-0.4, -0.2) is 51.1 Å². The minimum absolute atomic E-state index is 0.0168. The summed E-state index contributed by atoms with van der Waals surface area (Å²) in [6.07, 6.45) is 12.0. The molecule has 0 saturated heterocycles. The summed E-state index contributed by atoms with van der Waals surface area (Å²) in [6.45, 7) is 7.22. The van der Waals surface area contributed by atoms with Crippen molar-refractivity contribution in [1.29, 1.82) is 0 Å². The lowest BCUT2D eigenvalue weighted by Crippen LogP contribution is -2.23. The van der Waals surface area contributed by atoms with Crippen LogP contribution < -0.4 is 4.74 Å². The molecule has 0 aliphatic heterocycles. The monoisotopic (exact) mass is 611 g/mol. The highest BCUT2D eigenvalue weighted by molar-refractivity contribution is 5.72. The van der Waals surface area contributed by atoms with Gasteiger partial charge in [-0.25, -0.2) is 15.0 Å². The molecule has 0 aliphatic rings. The summed E-state index contributed by atoms with van der Waals surface area (Å²) in [6, 6.07) is 20.9. The van der Waals surface area contributed by atoms with Gasteiger partial charge in [-0.2, -0.15) is 0 Å². The SMILES string of the molecule is CCCCCCCCCCCCOCC(O)COc1ccc(-c2nc(-c3ccccc3C)nc(-c3ccccc3C)n2)c(O)c1. The Kier molecular flexibility index (Phi) is 13.8. The second kappa shape index (κ2) is 18.2. The van der Waals surface area contributed by atoms with Gasteiger partial charge >= 0.3 is 0 Å². The van der Waals surface area contributed by atoms with Crippen molar-refractivity contribution >= 4 is 0 Å². The highest BCUT2D eigenvalue weighted by atomic mass is 16.5. The number of aryl methyl sites for hydroxylation is 2. The van der Waals surface area contributed by atoms with E-state index < -0.39 is 6.10 Å². The van der Waals surface area contributed by atoms with Gasteiger partial charge in [0, 0.05) is 23.8 Å². The summed E-state index contributed by atoms with van der Waals surface area (Å²) < 4.78 is 11.4. The Morgan fingerprint density at radius 1 is 0.622 bits per heavy atom. The van der Waals surface area contributed by atoms with Crippen LogP contribution in [0.1, 0.15) is 82.3 Å². The first-order valence-corrected chi connectivity index (χ1v) is 16.6. The first-order valence-electron chi connectivity index (χ1n) is 16.6. The van der Waals surface area contributed by atoms with Crippen LogP contribution in [0.15, 0.2) is 66.7 Å². The summed E-state index contributed by atoms with van der Waals surface area (Å²) >= 11 is 0. The fourth-order valence-corrected chi connectivity index (χ4v) is 5.33. The fourth-order valence-electron chi connectivity index (χ4n) is 5.33. The molecule has 45 heavy (non-hydrogen) atoms. The van der Waals surface area contributed by atoms with E-state index in [0.29, 0.717) is 35.4 Å². The Bertz CT molecular complexity index is 1410. The van der Waals surface area contributed by atoms with E-state index in [1.165, 1.54) is 57.4 Å². The van der Waals surface area contributed by atoms with Gasteiger partial charge in [0.1, 0.15) is 24.2 Å². The number of benzene rings is 3. The van der Waals surface area contributed by atoms with Crippen molar-refractivity contribution in [2.24, 2.45) is 0 Å². The molecule has 1 aromatic heterocycles. The topological polar surface area (TPSA) is 97.6 Å². The minimum Gasteiger partial charge on any atom is -0.507 e. The zero-order chi connectivity index (χ0) is 31.9. The second-order valence-corrected chi connectivity index (χ2v) is 11.8. The van der Waals surface area contributed by atoms with Crippen molar-refractivity contribution in [2.45, 2.75) is 91.1 Å². The smallest absolute Gasteiger partial charge is 0.167 e. The van der Waals surface area contributed by atoms with Crippen molar-refractivity contribution in [3.8, 4) is 45.7 Å². The van der Waals surface area contributed by atoms with Gasteiger partial charge in [-0.1, -0.05) is 113 Å². The Morgan fingerprint density at radius 2 is 1.13 bits per heavy atom. The number of unbranched alkanes of at least 4 members (excludes halogenated alkanes) is 9. The number of phenols is 1. The Balaban J connectivity index is 1.31. The van der Waals surface area contributed by atoms with Gasteiger partial charge in [-0.15, -0.1) is 0 Å². The highest BCUT2D eigenvalue weighted by Gasteiger charge is 2.17. The number of nitrogens with zero attached hydrogens (tertiary/aromatic N) is 3. The van der Waals surface area contributed by atoms with E-state index in [1.54, 1.807) is 12.1 Å². The van der Waals surface area contributed by atoms with Crippen LogP contribution in [0.25, 0.3) is 34.2 Å². The van der Waals surface area contributed by atoms with Crippen LogP contribution in [0.4, 0.5) is 0 Å². The molecule has 1 atom stereocenters. The average Bonchev–Trinajstić information content (AvgIpc) is 3.04. The predicted octanol–water partition coefficient (Wildman–Crippen LogP) is 8.87. The summed E-state index contributed by atoms with van der Waals surface area (Å²) in [7, 11) is 0. The van der Waals surface area contributed by atoms with E-state index in [0.717, 1.165) is 35.1 Å². The molecule has 4 aromatic rings. The number of aromatic nitrogens is 3. The van der Waals surface area contributed by atoms with E-state index >= 15 is 0 Å². The second-order valence-electron chi connectivity index (χ2n) is 11.8. The largest absolute Gasteiger partial charge is 0.507 e. The standard InChI is InChI=1S/C38H49N3O4/c1-4-5-6-7-8-9-10-11-12-17-24-44-26-30(42)27-45-31-22-23-34(35(43)25-31)38-40-36(32-20-15-13-18-28(32)2)39-37(41-38)33-21-16-14-19-29(33)3/h13-16,18-23,25,30,42-43H,4-12,17,24,26-27H2,1-3H3. The van der Waals surface area contributed by atoms with Crippen LogP contribution in [-0.2, 0) is 4.74 Å². The number of hydrogen-bond acceptors (Lipinski definition) is 7. The molecule has 0 saturated carbocycles. The minimum atomic E-state index is -0.758. The molecular weight excluding hydrogens is 562 g/mol. The third-order valence-corrected chi connectivity index (χ3v) is 8.01. The Hall–Kier alpha value is -3.81. The van der Waals surface area contributed by atoms with Gasteiger partial charge < -0.3 is 19.7 Å². The molecule has 1 heterocycles. The van der Waals surface area contributed by atoms with Crippen LogP contribution in [0, 0.1) is 13.8 Å². The molecule has 7 heteroatoms. The lowest BCUT2D eigenvalue weighted by Gasteiger charge is -2.14. The quantitative estimate of drug-likeness (QED) is 0.102. The fraction of sp³-hybridized carbons (Fsp3) is 0.447. The summed E-state index contributed by atoms with van der Waals surface area (Å²) in [5, 5.41) is 21.4. The number of aliphatic hydroxyl groups excluding tert-OH is 1. The lowest BCUT2D eigenvalue weighted by molar-refractivity contribution is 0.0109. The number of hydrogen-bond donors (Lipinski definition) is 2. The third-order valence-electron chi connectivity index (χ3n) is 8.01. The zero-order valence-electron chi connectivity index (χ0n) is 27.2. The third kappa shape index (κ3) is 10.6. The molecule has 0 aliphatic carbocycles. The van der Waals surface area contributed by atoms with E-state index in [-0.39, 0.29) is 19.0 Å². The first kappa shape index (κ1) is 34.1. The maximum Gasteiger partial charge on any atom is 0.167 e. The molecule has 0 spiro atoms. The molecule has 0 bridgehead atoms. The molecule has 3 aromatic carbocycles. The number of rotatable bonds is 19. The van der Waals surface area contributed by atoms with Gasteiger partial charge in [-0.3, -0.25) is 0 Å².